The van der Waals surface area contributed by atoms with Crippen LogP contribution in [0, 0.1) is 0 Å². The van der Waals surface area contributed by atoms with Crippen molar-refractivity contribution in [3.05, 3.63) is 0 Å². The summed E-state index contributed by atoms with van der Waals surface area (Å²) in [7, 11) is 4.87. The Morgan fingerprint density at radius 3 is 1.07 bits per heavy atom. The minimum Gasteiger partial charge on any atom is -0.379 e. The average Bonchev–Trinajstić information content (AvgIpc) is 2.59. The highest BCUT2D eigenvalue weighted by molar-refractivity contribution is 5.85. The van der Waals surface area contributed by atoms with E-state index in [1.807, 2.05) is 0 Å². The highest BCUT2D eigenvalue weighted by Gasteiger charge is 2.13. The molecule has 0 aliphatic rings. The van der Waals surface area contributed by atoms with Crippen LogP contribution in [-0.2, 0) is 0 Å². The van der Waals surface area contributed by atoms with Crippen molar-refractivity contribution in [1.82, 2.24) is 0 Å². The zero-order valence-electron chi connectivity index (χ0n) is 20.2. The molecular weight excluding hydrogens is 368 g/mol. The predicted molar refractivity (Wildman–Crippen MR) is 130 cm³/mol. The van der Waals surface area contributed by atoms with Gasteiger partial charge in [-0.1, -0.05) is 90.9 Å². The Hall–Kier alpha value is 0.170. The van der Waals surface area contributed by atoms with Crippen LogP contribution in [0.3, 0.4) is 0 Å². The Balaban J connectivity index is -0.00000113. The summed E-state index contributed by atoms with van der Waals surface area (Å²) in [6, 6.07) is 0. The summed E-state index contributed by atoms with van der Waals surface area (Å²) in [5.41, 5.74) is 4.67. The fraction of sp³-hybridized carbons (Fsp3) is 1.00. The molecule has 1 unspecified atom stereocenters. The Kier molecular flexibility index (Phi) is 29.6. The lowest BCUT2D eigenvalue weighted by Crippen LogP contribution is -2.41. The summed E-state index contributed by atoms with van der Waals surface area (Å²) >= 11 is 0. The van der Waals surface area contributed by atoms with Crippen molar-refractivity contribution in [2.45, 2.75) is 130 Å². The first-order valence-electron chi connectivity index (χ1n) is 12.1. The molecule has 0 spiro atoms. The van der Waals surface area contributed by atoms with E-state index in [2.05, 4.69) is 33.7 Å². The fourth-order valence-electron chi connectivity index (χ4n) is 3.46. The van der Waals surface area contributed by atoms with Crippen molar-refractivity contribution in [2.75, 3.05) is 27.2 Å². The van der Waals surface area contributed by atoms with Crippen LogP contribution in [-0.4, -0.2) is 43.0 Å². The van der Waals surface area contributed by atoms with Gasteiger partial charge in [-0.15, -0.1) is 12.4 Å². The molecule has 0 aromatic carbocycles. The van der Waals surface area contributed by atoms with Gasteiger partial charge in [-0.3, -0.25) is 0 Å². The summed E-state index contributed by atoms with van der Waals surface area (Å²) in [5, 5.41) is 7.83. The molecule has 0 heterocycles. The number of halogens is 1. The Morgan fingerprint density at radius 1 is 0.607 bits per heavy atom. The second-order valence-electron chi connectivity index (χ2n) is 9.07. The molecule has 4 heteroatoms. The summed E-state index contributed by atoms with van der Waals surface area (Å²) in [4.78, 5) is 0. The average molecular weight is 424 g/mol. The van der Waals surface area contributed by atoms with E-state index < -0.39 is 6.23 Å². The van der Waals surface area contributed by atoms with Crippen molar-refractivity contribution in [1.29, 1.82) is 0 Å². The zero-order chi connectivity index (χ0) is 20.8. The maximum absolute atomic E-state index is 7.83. The largest absolute Gasteiger partial charge is 0.379 e. The quantitative estimate of drug-likeness (QED) is 0.141. The van der Waals surface area contributed by atoms with Crippen LogP contribution in [0.2, 0.25) is 0 Å². The maximum Gasteiger partial charge on any atom is 0.0991 e. The maximum atomic E-state index is 7.83. The molecule has 3 N–H and O–H groups in total. The number of hydrogen-bond acceptors (Lipinski definition) is 2. The molecular formula is C24H56ClN2O+. The second kappa shape index (κ2) is 25.2. The lowest BCUT2D eigenvalue weighted by Gasteiger charge is -2.30. The summed E-state index contributed by atoms with van der Waals surface area (Å²) in [6.45, 7) is 8.86. The minimum absolute atomic E-state index is 0. The van der Waals surface area contributed by atoms with Gasteiger partial charge in [0.1, 0.15) is 0 Å². The van der Waals surface area contributed by atoms with E-state index in [-0.39, 0.29) is 12.4 Å². The van der Waals surface area contributed by atoms with Gasteiger partial charge in [0.05, 0.1) is 33.4 Å². The van der Waals surface area contributed by atoms with Gasteiger partial charge in [0.25, 0.3) is 0 Å². The molecule has 0 fully saturated rings. The Labute approximate surface area is 184 Å². The van der Waals surface area contributed by atoms with E-state index in [0.717, 1.165) is 0 Å². The molecule has 174 valence electrons. The van der Waals surface area contributed by atoms with E-state index in [0.29, 0.717) is 0 Å². The number of aliphatic hydroxyl groups is 1. The van der Waals surface area contributed by atoms with Crippen molar-refractivity contribution in [3.63, 3.8) is 0 Å². The van der Waals surface area contributed by atoms with Gasteiger partial charge < -0.3 is 15.3 Å². The van der Waals surface area contributed by atoms with Crippen LogP contribution >= 0.6 is 12.4 Å². The highest BCUT2D eigenvalue weighted by Crippen LogP contribution is 2.13. The van der Waals surface area contributed by atoms with Crippen LogP contribution < -0.4 is 5.73 Å². The third kappa shape index (κ3) is 33.7. The monoisotopic (exact) mass is 423 g/mol. The normalized spacial score (nSPS) is 12.1. The number of aliphatic hydroxyl groups excluding tert-OH is 1. The number of nitrogens with zero attached hydrogens (tertiary/aromatic N) is 1. The molecule has 0 saturated carbocycles. The highest BCUT2D eigenvalue weighted by atomic mass is 35.5. The SMILES string of the molecule is CC(N)O.CCCCCCCCCC[N+](C)(C)CCCCCCCCCC.Cl. The summed E-state index contributed by atoms with van der Waals surface area (Å²) in [5.74, 6) is 0. The molecule has 1 atom stereocenters. The fourth-order valence-corrected chi connectivity index (χ4v) is 3.46. The first-order valence-corrected chi connectivity index (χ1v) is 12.1. The van der Waals surface area contributed by atoms with Gasteiger partial charge >= 0.3 is 0 Å². The smallest absolute Gasteiger partial charge is 0.0991 e. The first kappa shape index (κ1) is 32.8. The molecule has 0 rings (SSSR count). The molecule has 0 amide bonds. The third-order valence-corrected chi connectivity index (χ3v) is 5.23. The van der Waals surface area contributed by atoms with E-state index in [1.54, 1.807) is 0 Å². The molecule has 3 nitrogen and oxygen atoms in total. The molecule has 0 aromatic heterocycles. The number of rotatable bonds is 18. The van der Waals surface area contributed by atoms with Gasteiger partial charge in [0.2, 0.25) is 0 Å². The molecule has 0 aliphatic carbocycles. The van der Waals surface area contributed by atoms with Crippen LogP contribution in [0.5, 0.6) is 0 Å². The first-order chi connectivity index (χ1) is 12.9. The van der Waals surface area contributed by atoms with Crippen LogP contribution in [0.15, 0.2) is 0 Å². The second-order valence-corrected chi connectivity index (χ2v) is 9.07. The Morgan fingerprint density at radius 2 is 0.821 bits per heavy atom. The molecule has 0 aromatic rings. The van der Waals surface area contributed by atoms with Crippen LogP contribution in [0.1, 0.15) is 124 Å². The molecule has 28 heavy (non-hydrogen) atoms. The minimum atomic E-state index is -0.667. The van der Waals surface area contributed by atoms with E-state index in [4.69, 9.17) is 5.11 Å². The lowest BCUT2D eigenvalue weighted by atomic mass is 10.1. The summed E-state index contributed by atoms with van der Waals surface area (Å²) in [6.07, 6.45) is 22.4. The van der Waals surface area contributed by atoms with E-state index >= 15 is 0 Å². The van der Waals surface area contributed by atoms with Crippen molar-refractivity contribution in [2.24, 2.45) is 5.73 Å². The van der Waals surface area contributed by atoms with Crippen molar-refractivity contribution >= 4 is 12.4 Å². The third-order valence-electron chi connectivity index (χ3n) is 5.23. The lowest BCUT2D eigenvalue weighted by molar-refractivity contribution is -0.890. The van der Waals surface area contributed by atoms with Crippen molar-refractivity contribution in [3.8, 4) is 0 Å². The van der Waals surface area contributed by atoms with Gasteiger partial charge in [0, 0.05) is 0 Å². The van der Waals surface area contributed by atoms with Crippen LogP contribution in [0.4, 0.5) is 0 Å². The number of nitrogens with two attached hydrogens (primary N) is 1. The Bertz CT molecular complexity index is 249. The topological polar surface area (TPSA) is 46.2 Å². The number of hydrogen-bond donors (Lipinski definition) is 2. The number of unbranched alkanes of at least 4 members (excludes halogenated alkanes) is 14. The molecule has 0 bridgehead atoms. The summed E-state index contributed by atoms with van der Waals surface area (Å²) < 4.78 is 1.24. The van der Waals surface area contributed by atoms with Gasteiger partial charge in [-0.25, -0.2) is 0 Å². The molecule has 0 radical (unpaired) electrons. The zero-order valence-corrected chi connectivity index (χ0v) is 21.0. The van der Waals surface area contributed by atoms with Gasteiger partial charge in [-0.2, -0.15) is 0 Å². The van der Waals surface area contributed by atoms with E-state index in [9.17, 15) is 0 Å². The van der Waals surface area contributed by atoms with Crippen molar-refractivity contribution < 1.29 is 9.59 Å². The van der Waals surface area contributed by atoms with E-state index in [1.165, 1.54) is 127 Å². The standard InChI is InChI=1S/C22H48N.C2H7NO.ClH/c1-5-7-9-11-13-15-17-19-21-23(3,4)22-20-18-16-14-12-10-8-6-2;1-2(3)4;/h5-22H2,1-4H3;2,4H,3H2,1H3;1H/q+1;;. The van der Waals surface area contributed by atoms with Gasteiger partial charge in [0.15, 0.2) is 0 Å². The van der Waals surface area contributed by atoms with Crippen LogP contribution in [0.25, 0.3) is 0 Å². The molecule has 0 aliphatic heterocycles. The molecule has 0 saturated heterocycles. The predicted octanol–water partition coefficient (Wildman–Crippen LogP) is 7.05. The van der Waals surface area contributed by atoms with Gasteiger partial charge in [-0.05, 0) is 32.6 Å². The number of quaternary nitrogens is 1.